The zero-order chi connectivity index (χ0) is 20.1. The highest BCUT2D eigenvalue weighted by Gasteiger charge is 2.20. The molecule has 0 unspecified atom stereocenters. The van der Waals surface area contributed by atoms with Crippen LogP contribution in [0.3, 0.4) is 0 Å². The predicted molar refractivity (Wildman–Crippen MR) is 123 cm³/mol. The quantitative estimate of drug-likeness (QED) is 0.402. The fourth-order valence-corrected chi connectivity index (χ4v) is 5.13. The van der Waals surface area contributed by atoms with Crippen molar-refractivity contribution in [3.63, 3.8) is 0 Å². The van der Waals surface area contributed by atoms with E-state index < -0.39 is 0 Å². The molecule has 4 nitrogen and oxygen atoms in total. The molecule has 0 radical (unpaired) electrons. The molecule has 4 heteroatoms. The highest BCUT2D eigenvalue weighted by atomic mass is 16.4. The summed E-state index contributed by atoms with van der Waals surface area (Å²) in [5, 5.41) is 5.06. The zero-order valence-corrected chi connectivity index (χ0v) is 16.9. The molecule has 3 heterocycles. The van der Waals surface area contributed by atoms with Crippen LogP contribution in [0.15, 0.2) is 69.9 Å². The Morgan fingerprint density at radius 1 is 0.700 bits per heavy atom. The minimum atomic E-state index is -0.263. The van der Waals surface area contributed by atoms with Gasteiger partial charge in [-0.15, -0.1) is 0 Å². The van der Waals surface area contributed by atoms with Gasteiger partial charge in [-0.2, -0.15) is 0 Å². The molecule has 0 saturated carbocycles. The number of aromatic nitrogens is 1. The molecule has 1 aliphatic rings. The zero-order valence-electron chi connectivity index (χ0n) is 16.9. The van der Waals surface area contributed by atoms with E-state index in [-0.39, 0.29) is 5.63 Å². The van der Waals surface area contributed by atoms with Crippen LogP contribution in [0.4, 0.5) is 0 Å². The van der Waals surface area contributed by atoms with Gasteiger partial charge in [0.15, 0.2) is 5.58 Å². The first kappa shape index (κ1) is 17.7. The smallest absolute Gasteiger partial charge is 0.344 e. The maximum Gasteiger partial charge on any atom is 0.344 e. The van der Waals surface area contributed by atoms with Gasteiger partial charge in [0.05, 0.1) is 16.4 Å². The van der Waals surface area contributed by atoms with Crippen LogP contribution < -0.4 is 5.63 Å². The van der Waals surface area contributed by atoms with E-state index in [0.29, 0.717) is 11.0 Å². The molecule has 150 valence electrons. The molecular formula is C26H24N2O2. The minimum absolute atomic E-state index is 0.263. The number of nitrogens with zero attached hydrogens (tertiary/aromatic N) is 2. The number of likely N-dealkylation sites (tertiary alicyclic amines) is 1. The Labute approximate surface area is 174 Å². The van der Waals surface area contributed by atoms with Crippen molar-refractivity contribution in [3.8, 4) is 0 Å². The third kappa shape index (κ3) is 2.67. The second-order valence-corrected chi connectivity index (χ2v) is 8.35. The van der Waals surface area contributed by atoms with Crippen molar-refractivity contribution in [2.45, 2.75) is 25.8 Å². The van der Waals surface area contributed by atoms with E-state index in [2.05, 4.69) is 45.9 Å². The normalized spacial score (nSPS) is 15.6. The number of rotatable bonds is 3. The standard InChI is InChI=1S/C26H24N2O2/c29-26-21-11-5-4-10-20(21)24-25(30-26)22-13-12-18-8-2-3-9-19(18)23(22)28(24)17-16-27-14-6-1-7-15-27/h2-5,8-13H,1,6-7,14-17H2. The Morgan fingerprint density at radius 3 is 2.27 bits per heavy atom. The fraction of sp³-hybridized carbons (Fsp3) is 0.269. The summed E-state index contributed by atoms with van der Waals surface area (Å²) >= 11 is 0. The van der Waals surface area contributed by atoms with Gasteiger partial charge in [0.2, 0.25) is 0 Å². The van der Waals surface area contributed by atoms with Crippen molar-refractivity contribution in [2.24, 2.45) is 0 Å². The number of hydrogen-bond acceptors (Lipinski definition) is 3. The Bertz CT molecular complexity index is 1450. The molecule has 0 aliphatic carbocycles. The van der Waals surface area contributed by atoms with Crippen molar-refractivity contribution < 1.29 is 4.42 Å². The fourth-order valence-electron chi connectivity index (χ4n) is 5.13. The van der Waals surface area contributed by atoms with Gasteiger partial charge < -0.3 is 13.9 Å². The van der Waals surface area contributed by atoms with E-state index in [0.717, 1.165) is 29.4 Å². The first-order valence-corrected chi connectivity index (χ1v) is 10.9. The summed E-state index contributed by atoms with van der Waals surface area (Å²) < 4.78 is 8.32. The summed E-state index contributed by atoms with van der Waals surface area (Å²) in [5.74, 6) is 0. The maximum absolute atomic E-state index is 12.7. The van der Waals surface area contributed by atoms with Crippen molar-refractivity contribution in [1.29, 1.82) is 0 Å². The summed E-state index contributed by atoms with van der Waals surface area (Å²) in [6.07, 6.45) is 3.91. The lowest BCUT2D eigenvalue weighted by molar-refractivity contribution is 0.222. The number of hydrogen-bond donors (Lipinski definition) is 0. The van der Waals surface area contributed by atoms with E-state index >= 15 is 0 Å². The van der Waals surface area contributed by atoms with E-state index in [1.54, 1.807) is 0 Å². The van der Waals surface area contributed by atoms with Crippen molar-refractivity contribution in [1.82, 2.24) is 9.47 Å². The molecular weight excluding hydrogens is 372 g/mol. The average Bonchev–Trinajstić information content (AvgIpc) is 3.12. The molecule has 6 rings (SSSR count). The molecule has 30 heavy (non-hydrogen) atoms. The monoisotopic (exact) mass is 396 g/mol. The second kappa shape index (κ2) is 6.99. The van der Waals surface area contributed by atoms with E-state index in [4.69, 9.17) is 4.42 Å². The van der Waals surface area contributed by atoms with E-state index in [1.165, 1.54) is 48.6 Å². The van der Waals surface area contributed by atoms with Crippen LogP contribution in [-0.4, -0.2) is 29.1 Å². The molecule has 0 bridgehead atoms. The lowest BCUT2D eigenvalue weighted by atomic mass is 10.1. The van der Waals surface area contributed by atoms with Gasteiger partial charge in [-0.3, -0.25) is 0 Å². The largest absolute Gasteiger partial charge is 0.420 e. The summed E-state index contributed by atoms with van der Waals surface area (Å²) in [5.41, 5.74) is 2.65. The average molecular weight is 396 g/mol. The molecule has 0 atom stereocenters. The summed E-state index contributed by atoms with van der Waals surface area (Å²) in [4.78, 5) is 15.3. The molecule has 1 saturated heterocycles. The maximum atomic E-state index is 12.7. The van der Waals surface area contributed by atoms with Gasteiger partial charge in [-0.25, -0.2) is 4.79 Å². The van der Waals surface area contributed by atoms with Gasteiger partial charge >= 0.3 is 5.63 Å². The third-order valence-electron chi connectivity index (χ3n) is 6.59. The molecule has 0 amide bonds. The van der Waals surface area contributed by atoms with Crippen LogP contribution in [0.5, 0.6) is 0 Å². The Morgan fingerprint density at radius 2 is 1.43 bits per heavy atom. The number of fused-ring (bicyclic) bond motifs is 7. The van der Waals surface area contributed by atoms with E-state index in [1.807, 2.05) is 24.3 Å². The van der Waals surface area contributed by atoms with Crippen LogP contribution >= 0.6 is 0 Å². The number of piperidine rings is 1. The van der Waals surface area contributed by atoms with Crippen LogP contribution in [-0.2, 0) is 6.54 Å². The highest BCUT2D eigenvalue weighted by Crippen LogP contribution is 2.36. The Balaban J connectivity index is 1.69. The van der Waals surface area contributed by atoms with Crippen molar-refractivity contribution in [3.05, 3.63) is 71.1 Å². The topological polar surface area (TPSA) is 38.4 Å². The summed E-state index contributed by atoms with van der Waals surface area (Å²) in [7, 11) is 0. The van der Waals surface area contributed by atoms with Gasteiger partial charge in [-0.1, -0.05) is 55.0 Å². The molecule has 1 fully saturated rings. The molecule has 2 aromatic heterocycles. The predicted octanol–water partition coefficient (Wildman–Crippen LogP) is 5.54. The Hall–Kier alpha value is -3.11. The van der Waals surface area contributed by atoms with Crippen LogP contribution in [0.2, 0.25) is 0 Å². The van der Waals surface area contributed by atoms with Crippen LogP contribution in [0.1, 0.15) is 19.3 Å². The molecule has 3 aromatic carbocycles. The lowest BCUT2D eigenvalue weighted by Gasteiger charge is -2.26. The first-order valence-electron chi connectivity index (χ1n) is 10.9. The highest BCUT2D eigenvalue weighted by molar-refractivity contribution is 6.20. The first-order chi connectivity index (χ1) is 14.8. The van der Waals surface area contributed by atoms with Gasteiger partial charge in [0, 0.05) is 29.2 Å². The van der Waals surface area contributed by atoms with Crippen LogP contribution in [0.25, 0.3) is 43.5 Å². The lowest BCUT2D eigenvalue weighted by Crippen LogP contribution is -2.32. The summed E-state index contributed by atoms with van der Waals surface area (Å²) in [6.45, 7) is 4.24. The summed E-state index contributed by atoms with van der Waals surface area (Å²) in [6, 6.07) is 20.5. The minimum Gasteiger partial charge on any atom is -0.420 e. The van der Waals surface area contributed by atoms with Crippen LogP contribution in [0, 0.1) is 0 Å². The Kier molecular flexibility index (Phi) is 4.13. The van der Waals surface area contributed by atoms with Gasteiger partial charge in [0.1, 0.15) is 0 Å². The molecule has 1 aliphatic heterocycles. The molecule has 5 aromatic rings. The SMILES string of the molecule is O=c1oc2c3ccc4ccccc4c3n(CCN3CCCCC3)c2c2ccccc12. The third-order valence-corrected chi connectivity index (χ3v) is 6.59. The van der Waals surface area contributed by atoms with E-state index in [9.17, 15) is 4.79 Å². The van der Waals surface area contributed by atoms with Gasteiger partial charge in [0.25, 0.3) is 0 Å². The molecule has 0 spiro atoms. The second-order valence-electron chi connectivity index (χ2n) is 8.35. The van der Waals surface area contributed by atoms with Crippen molar-refractivity contribution in [2.75, 3.05) is 19.6 Å². The van der Waals surface area contributed by atoms with Gasteiger partial charge in [-0.05, 0) is 43.5 Å². The number of benzene rings is 3. The molecule has 0 N–H and O–H groups in total. The van der Waals surface area contributed by atoms with Crippen molar-refractivity contribution >= 4 is 43.5 Å².